The van der Waals surface area contributed by atoms with E-state index >= 15 is 0 Å². The zero-order valence-corrected chi connectivity index (χ0v) is 12.3. The van der Waals surface area contributed by atoms with Gasteiger partial charge in [-0.3, -0.25) is 0 Å². The van der Waals surface area contributed by atoms with E-state index in [1.165, 1.54) is 51.4 Å². The van der Waals surface area contributed by atoms with Crippen molar-refractivity contribution in [2.24, 2.45) is 5.73 Å². The van der Waals surface area contributed by atoms with Gasteiger partial charge in [-0.2, -0.15) is 4.98 Å². The van der Waals surface area contributed by atoms with Crippen molar-refractivity contribution in [1.29, 1.82) is 0 Å². The van der Waals surface area contributed by atoms with Crippen molar-refractivity contribution in [1.82, 2.24) is 10.1 Å². The third-order valence-corrected chi connectivity index (χ3v) is 4.59. The quantitative estimate of drug-likeness (QED) is 0.842. The molecule has 0 unspecified atom stereocenters. The van der Waals surface area contributed by atoms with Crippen LogP contribution in [-0.4, -0.2) is 10.1 Å². The Balaban J connectivity index is 0.00000133. The molecular formula is C14H24ClN3O. The summed E-state index contributed by atoms with van der Waals surface area (Å²) in [5.74, 6) is 2.06. The highest BCUT2D eigenvalue weighted by molar-refractivity contribution is 5.85. The van der Waals surface area contributed by atoms with Gasteiger partial charge in [0.25, 0.3) is 0 Å². The van der Waals surface area contributed by atoms with Gasteiger partial charge in [0.15, 0.2) is 5.82 Å². The average Bonchev–Trinajstić information content (AvgIpc) is 2.94. The molecule has 2 N–H and O–H groups in total. The van der Waals surface area contributed by atoms with E-state index in [2.05, 4.69) is 10.1 Å². The van der Waals surface area contributed by atoms with Crippen LogP contribution in [0.2, 0.25) is 0 Å². The van der Waals surface area contributed by atoms with Gasteiger partial charge < -0.3 is 10.3 Å². The van der Waals surface area contributed by atoms with Crippen molar-refractivity contribution in [3.05, 3.63) is 11.7 Å². The van der Waals surface area contributed by atoms with Crippen LogP contribution in [0.25, 0.3) is 0 Å². The molecule has 0 spiro atoms. The van der Waals surface area contributed by atoms with Crippen molar-refractivity contribution < 1.29 is 4.52 Å². The minimum atomic E-state index is -0.313. The highest BCUT2D eigenvalue weighted by Gasteiger charge is 2.36. The van der Waals surface area contributed by atoms with Gasteiger partial charge >= 0.3 is 0 Å². The number of hydrogen-bond donors (Lipinski definition) is 1. The highest BCUT2D eigenvalue weighted by Crippen LogP contribution is 2.36. The zero-order chi connectivity index (χ0) is 12.4. The van der Waals surface area contributed by atoms with Gasteiger partial charge in [-0.05, 0) is 25.7 Å². The molecular weight excluding hydrogens is 262 g/mol. The maximum Gasteiger partial charge on any atom is 0.229 e. The second kappa shape index (κ2) is 6.23. The second-order valence-electron chi connectivity index (χ2n) is 6.01. The number of rotatable bonds is 2. The molecule has 0 saturated heterocycles. The molecule has 1 aromatic rings. The lowest BCUT2D eigenvalue weighted by Crippen LogP contribution is -2.34. The minimum Gasteiger partial charge on any atom is -0.339 e. The summed E-state index contributed by atoms with van der Waals surface area (Å²) in [5, 5.41) is 4.16. The van der Waals surface area contributed by atoms with Gasteiger partial charge in [0.05, 0.1) is 5.54 Å². The Morgan fingerprint density at radius 2 is 1.63 bits per heavy atom. The number of nitrogens with zero attached hydrogens (tertiary/aromatic N) is 2. The van der Waals surface area contributed by atoms with E-state index in [0.717, 1.165) is 24.6 Å². The summed E-state index contributed by atoms with van der Waals surface area (Å²) in [4.78, 5) is 4.63. The lowest BCUT2D eigenvalue weighted by atomic mass is 9.98. The van der Waals surface area contributed by atoms with Crippen LogP contribution in [0.4, 0.5) is 0 Å². The van der Waals surface area contributed by atoms with Crippen LogP contribution in [0, 0.1) is 0 Å². The fourth-order valence-corrected chi connectivity index (χ4v) is 3.36. The molecule has 108 valence electrons. The fraction of sp³-hybridized carbons (Fsp3) is 0.857. The van der Waals surface area contributed by atoms with Gasteiger partial charge in [-0.25, -0.2) is 0 Å². The predicted octanol–water partition coefficient (Wildman–Crippen LogP) is 3.66. The summed E-state index contributed by atoms with van der Waals surface area (Å²) in [6.07, 6.45) is 12.0. The van der Waals surface area contributed by atoms with Crippen molar-refractivity contribution >= 4 is 12.4 Å². The number of halogens is 1. The average molecular weight is 286 g/mol. The Morgan fingerprint density at radius 1 is 1.00 bits per heavy atom. The molecule has 2 aliphatic carbocycles. The van der Waals surface area contributed by atoms with E-state index in [9.17, 15) is 0 Å². The standard InChI is InChI=1S/C14H23N3O.ClH/c15-14(9-5-6-10-14)13-16-12(18-17-13)11-7-3-1-2-4-8-11;/h11H,1-10,15H2;1H. The van der Waals surface area contributed by atoms with Gasteiger partial charge in [0.1, 0.15) is 0 Å². The number of nitrogens with two attached hydrogens (primary N) is 1. The Hall–Kier alpha value is -0.610. The van der Waals surface area contributed by atoms with Crippen LogP contribution in [-0.2, 0) is 5.54 Å². The number of aromatic nitrogens is 2. The van der Waals surface area contributed by atoms with Gasteiger partial charge in [0.2, 0.25) is 5.89 Å². The Labute approximate surface area is 120 Å². The lowest BCUT2D eigenvalue weighted by molar-refractivity contribution is 0.325. The summed E-state index contributed by atoms with van der Waals surface area (Å²) in [6, 6.07) is 0. The smallest absolute Gasteiger partial charge is 0.229 e. The first kappa shape index (κ1) is 14.8. The lowest BCUT2D eigenvalue weighted by Gasteiger charge is -2.17. The van der Waals surface area contributed by atoms with E-state index in [0.29, 0.717) is 5.92 Å². The van der Waals surface area contributed by atoms with Crippen LogP contribution in [0.5, 0.6) is 0 Å². The molecule has 4 nitrogen and oxygen atoms in total. The molecule has 5 heteroatoms. The van der Waals surface area contributed by atoms with Crippen LogP contribution in [0.3, 0.4) is 0 Å². The van der Waals surface area contributed by atoms with Crippen molar-refractivity contribution in [3.63, 3.8) is 0 Å². The molecule has 0 aromatic carbocycles. The summed E-state index contributed by atoms with van der Waals surface area (Å²) in [6.45, 7) is 0. The van der Waals surface area contributed by atoms with Crippen molar-refractivity contribution in [2.45, 2.75) is 75.7 Å². The maximum atomic E-state index is 6.37. The van der Waals surface area contributed by atoms with Crippen molar-refractivity contribution in [3.8, 4) is 0 Å². The topological polar surface area (TPSA) is 64.9 Å². The second-order valence-corrected chi connectivity index (χ2v) is 6.01. The first-order valence-electron chi connectivity index (χ1n) is 7.41. The Bertz CT molecular complexity index is 393. The third-order valence-electron chi connectivity index (χ3n) is 4.59. The molecule has 2 fully saturated rings. The van der Waals surface area contributed by atoms with Crippen LogP contribution < -0.4 is 5.73 Å². The molecule has 0 amide bonds. The molecule has 1 heterocycles. The molecule has 0 aliphatic heterocycles. The molecule has 0 bridgehead atoms. The summed E-state index contributed by atoms with van der Waals surface area (Å²) < 4.78 is 5.50. The maximum absolute atomic E-state index is 6.37. The van der Waals surface area contributed by atoms with Crippen LogP contribution in [0.15, 0.2) is 4.52 Å². The summed E-state index contributed by atoms with van der Waals surface area (Å²) >= 11 is 0. The molecule has 0 radical (unpaired) electrons. The minimum absolute atomic E-state index is 0. The van der Waals surface area contributed by atoms with Gasteiger partial charge in [-0.1, -0.05) is 43.7 Å². The Kier molecular flexibility index (Phi) is 4.85. The van der Waals surface area contributed by atoms with E-state index in [-0.39, 0.29) is 17.9 Å². The van der Waals surface area contributed by atoms with E-state index < -0.39 is 0 Å². The molecule has 0 atom stereocenters. The monoisotopic (exact) mass is 285 g/mol. The first-order chi connectivity index (χ1) is 8.78. The Morgan fingerprint density at radius 3 is 2.26 bits per heavy atom. The van der Waals surface area contributed by atoms with E-state index in [4.69, 9.17) is 10.3 Å². The highest BCUT2D eigenvalue weighted by atomic mass is 35.5. The SMILES string of the molecule is Cl.NC1(c2noc(C3CCCCCC3)n2)CCCC1. The molecule has 2 aliphatic rings. The van der Waals surface area contributed by atoms with Gasteiger partial charge in [-0.15, -0.1) is 12.4 Å². The summed E-state index contributed by atoms with van der Waals surface area (Å²) in [7, 11) is 0. The summed E-state index contributed by atoms with van der Waals surface area (Å²) in [5.41, 5.74) is 6.06. The van der Waals surface area contributed by atoms with Crippen molar-refractivity contribution in [2.75, 3.05) is 0 Å². The molecule has 1 aromatic heterocycles. The van der Waals surface area contributed by atoms with Crippen LogP contribution >= 0.6 is 12.4 Å². The zero-order valence-electron chi connectivity index (χ0n) is 11.4. The largest absolute Gasteiger partial charge is 0.339 e. The fourth-order valence-electron chi connectivity index (χ4n) is 3.36. The van der Waals surface area contributed by atoms with E-state index in [1.807, 2.05) is 0 Å². The molecule has 19 heavy (non-hydrogen) atoms. The molecule has 3 rings (SSSR count). The first-order valence-corrected chi connectivity index (χ1v) is 7.41. The third kappa shape index (κ3) is 3.11. The number of hydrogen-bond acceptors (Lipinski definition) is 4. The molecule has 2 saturated carbocycles. The van der Waals surface area contributed by atoms with E-state index in [1.54, 1.807) is 0 Å². The normalized spacial score (nSPS) is 23.8. The van der Waals surface area contributed by atoms with Gasteiger partial charge in [0, 0.05) is 5.92 Å². The van der Waals surface area contributed by atoms with Crippen LogP contribution in [0.1, 0.15) is 81.8 Å². The predicted molar refractivity (Wildman–Crippen MR) is 76.3 cm³/mol.